The van der Waals surface area contributed by atoms with Crippen LogP contribution in [-0.2, 0) is 0 Å². The van der Waals surface area contributed by atoms with Gasteiger partial charge < -0.3 is 15.5 Å². The van der Waals surface area contributed by atoms with E-state index in [-0.39, 0.29) is 5.56 Å². The zero-order valence-electron chi connectivity index (χ0n) is 19.0. The lowest BCUT2D eigenvalue weighted by atomic mass is 10.1. The predicted molar refractivity (Wildman–Crippen MR) is 138 cm³/mol. The van der Waals surface area contributed by atoms with Gasteiger partial charge in [-0.15, -0.1) is 0 Å². The summed E-state index contributed by atoms with van der Waals surface area (Å²) in [6.45, 7) is 10.2. The molecule has 0 radical (unpaired) electrons. The van der Waals surface area contributed by atoms with E-state index in [0.29, 0.717) is 11.5 Å². The molecule has 172 valence electrons. The van der Waals surface area contributed by atoms with Crippen molar-refractivity contribution in [2.45, 2.75) is 19.8 Å². The van der Waals surface area contributed by atoms with E-state index in [1.165, 1.54) is 21.4 Å². The Morgan fingerprint density at radius 2 is 2.15 bits per heavy atom. The highest BCUT2D eigenvalue weighted by molar-refractivity contribution is 7.19. The van der Waals surface area contributed by atoms with Crippen LogP contribution in [0, 0.1) is 0 Å². The average Bonchev–Trinajstić information content (AvgIpc) is 3.28. The Kier molecular flexibility index (Phi) is 7.70. The van der Waals surface area contributed by atoms with Crippen molar-refractivity contribution in [2.75, 3.05) is 42.9 Å². The zero-order chi connectivity index (χ0) is 23.0. The van der Waals surface area contributed by atoms with Gasteiger partial charge in [0.2, 0.25) is 4.96 Å². The van der Waals surface area contributed by atoms with Crippen LogP contribution in [-0.4, -0.2) is 47.3 Å². The molecule has 3 heterocycles. The van der Waals surface area contributed by atoms with Crippen LogP contribution < -0.4 is 21.1 Å². The summed E-state index contributed by atoms with van der Waals surface area (Å²) in [4.78, 5) is 20.2. The van der Waals surface area contributed by atoms with Gasteiger partial charge in [0.15, 0.2) is 0 Å². The maximum atomic E-state index is 12.7. The number of nitrogens with one attached hydrogen (secondary N) is 2. The summed E-state index contributed by atoms with van der Waals surface area (Å²) in [7, 11) is 0. The second-order valence-corrected chi connectivity index (χ2v) is 8.85. The molecule has 1 aliphatic rings. The molecule has 0 bridgehead atoms. The number of aromatic nitrogens is 3. The predicted octanol–water partition coefficient (Wildman–Crippen LogP) is 4.11. The Bertz CT molecular complexity index is 1220. The minimum Gasteiger partial charge on any atom is -0.381 e. The van der Waals surface area contributed by atoms with Gasteiger partial charge in [0.25, 0.3) is 5.56 Å². The van der Waals surface area contributed by atoms with Gasteiger partial charge in [-0.05, 0) is 24.1 Å². The second-order valence-electron chi connectivity index (χ2n) is 7.89. The third kappa shape index (κ3) is 5.77. The fourth-order valence-electron chi connectivity index (χ4n) is 3.66. The second kappa shape index (κ2) is 11.1. The lowest BCUT2D eigenvalue weighted by Crippen LogP contribution is -2.44. The van der Waals surface area contributed by atoms with Crippen LogP contribution in [0.2, 0.25) is 0 Å². The lowest BCUT2D eigenvalue weighted by molar-refractivity contribution is 0.584. The average molecular weight is 463 g/mol. The third-order valence-electron chi connectivity index (χ3n) is 5.40. The monoisotopic (exact) mass is 462 g/mol. The van der Waals surface area contributed by atoms with Gasteiger partial charge in [0, 0.05) is 50.0 Å². The number of benzene rings is 1. The SMILES string of the molecule is C=CC=C(C=CCCC)CNc1cccc(-c2nn3c(=O)cc(N4CCNCC4)nc3s2)c1. The number of fused-ring (bicyclic) bond motifs is 1. The Hall–Kier alpha value is -3.23. The molecule has 0 spiro atoms. The van der Waals surface area contributed by atoms with E-state index < -0.39 is 0 Å². The maximum absolute atomic E-state index is 12.7. The van der Waals surface area contributed by atoms with E-state index in [4.69, 9.17) is 4.98 Å². The van der Waals surface area contributed by atoms with E-state index in [1.807, 2.05) is 30.4 Å². The minimum absolute atomic E-state index is 0.150. The third-order valence-corrected chi connectivity index (χ3v) is 6.36. The van der Waals surface area contributed by atoms with Crippen molar-refractivity contribution in [3.63, 3.8) is 0 Å². The van der Waals surface area contributed by atoms with E-state index in [0.717, 1.165) is 61.1 Å². The van der Waals surface area contributed by atoms with Gasteiger partial charge in [-0.25, -0.2) is 4.98 Å². The van der Waals surface area contributed by atoms with Crippen molar-refractivity contribution >= 4 is 27.8 Å². The molecule has 4 rings (SSSR count). The molecule has 8 heteroatoms. The van der Waals surface area contributed by atoms with Crippen molar-refractivity contribution in [1.82, 2.24) is 19.9 Å². The number of unbranched alkanes of at least 4 members (excludes halogenated alkanes) is 1. The van der Waals surface area contributed by atoms with Crippen LogP contribution in [0.5, 0.6) is 0 Å². The summed E-state index contributed by atoms with van der Waals surface area (Å²) in [5.41, 5.74) is 2.96. The maximum Gasteiger partial charge on any atom is 0.277 e. The molecule has 3 aromatic rings. The highest BCUT2D eigenvalue weighted by Crippen LogP contribution is 2.27. The standard InChI is InChI=1S/C25H30N6OS/c1-3-5-6-9-19(8-4-2)18-27-21-11-7-10-20(16-21)24-29-31-23(32)17-22(28-25(31)33-24)30-14-12-26-13-15-30/h4,6-11,16-17,26-27H,2-3,5,12-15,18H2,1H3. The first kappa shape index (κ1) is 22.9. The van der Waals surface area contributed by atoms with Crippen LogP contribution in [0.1, 0.15) is 19.8 Å². The van der Waals surface area contributed by atoms with Gasteiger partial charge in [0.1, 0.15) is 10.8 Å². The van der Waals surface area contributed by atoms with Crippen molar-refractivity contribution < 1.29 is 0 Å². The molecular formula is C25H30N6OS. The molecule has 0 aliphatic carbocycles. The van der Waals surface area contributed by atoms with Crippen LogP contribution in [0.4, 0.5) is 11.5 Å². The Labute approximate surface area is 198 Å². The molecule has 2 N–H and O–H groups in total. The van der Waals surface area contributed by atoms with Crippen LogP contribution in [0.15, 0.2) is 71.6 Å². The molecule has 0 unspecified atom stereocenters. The first-order valence-corrected chi connectivity index (χ1v) is 12.2. The normalized spacial score (nSPS) is 14.8. The van der Waals surface area contributed by atoms with E-state index in [1.54, 1.807) is 6.07 Å². The molecule has 0 atom stereocenters. The first-order chi connectivity index (χ1) is 16.2. The Morgan fingerprint density at radius 3 is 2.94 bits per heavy atom. The zero-order valence-corrected chi connectivity index (χ0v) is 19.8. The topological polar surface area (TPSA) is 74.6 Å². The fourth-order valence-corrected chi connectivity index (χ4v) is 4.56. The summed E-state index contributed by atoms with van der Waals surface area (Å²) in [5, 5.41) is 12.1. The molecule has 7 nitrogen and oxygen atoms in total. The molecule has 1 saturated heterocycles. The number of anilines is 2. The number of hydrogen-bond donors (Lipinski definition) is 2. The van der Waals surface area contributed by atoms with E-state index in [9.17, 15) is 4.79 Å². The first-order valence-electron chi connectivity index (χ1n) is 11.4. The van der Waals surface area contributed by atoms with Crippen LogP contribution in [0.3, 0.4) is 0 Å². The summed E-state index contributed by atoms with van der Waals surface area (Å²) >= 11 is 1.43. The van der Waals surface area contributed by atoms with Gasteiger partial charge in [-0.1, -0.05) is 67.7 Å². The van der Waals surface area contributed by atoms with Gasteiger partial charge in [0.05, 0.1) is 0 Å². The molecule has 1 aromatic carbocycles. The number of hydrogen-bond acceptors (Lipinski definition) is 7. The number of allylic oxidation sites excluding steroid dienone is 3. The molecule has 33 heavy (non-hydrogen) atoms. The molecule has 2 aromatic heterocycles. The summed E-state index contributed by atoms with van der Waals surface area (Å²) in [6, 6.07) is 9.67. The molecule has 0 amide bonds. The Morgan fingerprint density at radius 1 is 1.30 bits per heavy atom. The number of nitrogens with zero attached hydrogens (tertiary/aromatic N) is 4. The summed E-state index contributed by atoms with van der Waals surface area (Å²) in [5.74, 6) is 0.727. The van der Waals surface area contributed by atoms with Gasteiger partial charge >= 0.3 is 0 Å². The highest BCUT2D eigenvalue weighted by Gasteiger charge is 2.16. The summed E-state index contributed by atoms with van der Waals surface area (Å²) in [6.07, 6.45) is 10.3. The Balaban J connectivity index is 1.54. The fraction of sp³-hybridized carbons (Fsp3) is 0.320. The van der Waals surface area contributed by atoms with Gasteiger partial charge in [-0.3, -0.25) is 4.79 Å². The smallest absolute Gasteiger partial charge is 0.277 e. The van der Waals surface area contributed by atoms with Crippen LogP contribution >= 0.6 is 11.3 Å². The quantitative estimate of drug-likeness (QED) is 0.466. The van der Waals surface area contributed by atoms with Crippen molar-refractivity contribution in [2.24, 2.45) is 0 Å². The summed E-state index contributed by atoms with van der Waals surface area (Å²) < 4.78 is 1.40. The lowest BCUT2D eigenvalue weighted by Gasteiger charge is -2.27. The highest BCUT2D eigenvalue weighted by atomic mass is 32.1. The largest absolute Gasteiger partial charge is 0.381 e. The van der Waals surface area contributed by atoms with E-state index >= 15 is 0 Å². The van der Waals surface area contributed by atoms with Crippen molar-refractivity contribution in [1.29, 1.82) is 0 Å². The van der Waals surface area contributed by atoms with E-state index in [2.05, 4.69) is 52.4 Å². The van der Waals surface area contributed by atoms with Crippen molar-refractivity contribution in [3.8, 4) is 10.6 Å². The molecule has 1 aliphatic heterocycles. The van der Waals surface area contributed by atoms with Crippen molar-refractivity contribution in [3.05, 3.63) is 77.1 Å². The molecular weight excluding hydrogens is 432 g/mol. The number of piperazine rings is 1. The minimum atomic E-state index is -0.150. The number of rotatable bonds is 9. The molecule has 0 saturated carbocycles. The van der Waals surface area contributed by atoms with Gasteiger partial charge in [-0.2, -0.15) is 9.61 Å². The van der Waals surface area contributed by atoms with Crippen LogP contribution in [0.25, 0.3) is 15.5 Å². The molecule has 1 fully saturated rings.